The van der Waals surface area contributed by atoms with Gasteiger partial charge in [-0.15, -0.1) is 0 Å². The lowest BCUT2D eigenvalue weighted by molar-refractivity contribution is -0.560. The lowest BCUT2D eigenvalue weighted by atomic mass is 10.6. The lowest BCUT2D eigenvalue weighted by Gasteiger charge is -2.06. The van der Waals surface area contributed by atoms with Gasteiger partial charge in [0, 0.05) is 0 Å². The van der Waals surface area contributed by atoms with E-state index in [9.17, 15) is 0 Å². The van der Waals surface area contributed by atoms with Crippen LogP contribution in [0, 0.1) is 0 Å². The summed E-state index contributed by atoms with van der Waals surface area (Å²) in [6.07, 6.45) is -0.424. The van der Waals surface area contributed by atoms with Gasteiger partial charge in [-0.05, 0) is 12.2 Å². The van der Waals surface area contributed by atoms with Crippen molar-refractivity contribution < 1.29 is 25.0 Å². The highest BCUT2D eigenvalue weighted by Gasteiger charge is 2.02. The zero-order valence-electron chi connectivity index (χ0n) is 5.84. The Morgan fingerprint density at radius 1 is 1.00 bits per heavy atom. The first-order valence-electron chi connectivity index (χ1n) is 2.80. The van der Waals surface area contributed by atoms with Gasteiger partial charge in [0.05, 0.1) is 0 Å². The second-order valence-electron chi connectivity index (χ2n) is 1.51. The maximum atomic E-state index is 8.59. The smallest absolute Gasteiger partial charge is 0.210 e. The summed E-state index contributed by atoms with van der Waals surface area (Å²) in [5, 5.41) is 21.1. The van der Waals surface area contributed by atoms with Gasteiger partial charge >= 0.3 is 0 Å². The molecule has 2 atom stereocenters. The van der Waals surface area contributed by atoms with Crippen LogP contribution in [-0.4, -0.2) is 22.8 Å². The molecule has 0 aliphatic heterocycles. The van der Waals surface area contributed by atoms with Gasteiger partial charge in [0.25, 0.3) is 0 Å². The third-order valence-electron chi connectivity index (χ3n) is 0.679. The van der Waals surface area contributed by atoms with Crippen molar-refractivity contribution in [2.24, 2.45) is 0 Å². The summed E-state index contributed by atoms with van der Waals surface area (Å²) in [6, 6.07) is 0. The van der Waals surface area contributed by atoms with E-state index in [1.54, 1.807) is 0 Å². The summed E-state index contributed by atoms with van der Waals surface area (Å²) in [5.74, 6) is 0. The molecule has 11 heavy (non-hydrogen) atoms. The average molecular weight is 162 g/mol. The highest BCUT2D eigenvalue weighted by atomic mass is 17.5. The van der Waals surface area contributed by atoms with Gasteiger partial charge in [-0.25, -0.2) is 0 Å². The van der Waals surface area contributed by atoms with E-state index in [0.717, 1.165) is 12.2 Å². The average Bonchev–Trinajstić information content (AvgIpc) is 2.04. The van der Waals surface area contributed by atoms with E-state index in [2.05, 4.69) is 28.0 Å². The Morgan fingerprint density at radius 2 is 1.36 bits per heavy atom. The predicted molar refractivity (Wildman–Crippen MR) is 35.7 cm³/mol. The van der Waals surface area contributed by atoms with E-state index < -0.39 is 12.6 Å². The third-order valence-corrected chi connectivity index (χ3v) is 0.679. The second kappa shape index (κ2) is 6.02. The number of rotatable bonds is 6. The second-order valence-corrected chi connectivity index (χ2v) is 1.51. The van der Waals surface area contributed by atoms with Gasteiger partial charge in [0.2, 0.25) is 12.6 Å². The molecular weight excluding hydrogens is 152 g/mol. The Bertz CT molecular complexity index is 110. The van der Waals surface area contributed by atoms with Crippen molar-refractivity contribution in [3.05, 3.63) is 25.3 Å². The van der Waals surface area contributed by atoms with E-state index in [-0.39, 0.29) is 0 Å². The van der Waals surface area contributed by atoms with Crippen LogP contribution >= 0.6 is 0 Å². The summed E-state index contributed by atoms with van der Waals surface area (Å²) in [7, 11) is 0. The van der Waals surface area contributed by atoms with Gasteiger partial charge in [0.1, 0.15) is 0 Å². The summed E-state index contributed by atoms with van der Waals surface area (Å²) in [4.78, 5) is 8.14. The summed E-state index contributed by atoms with van der Waals surface area (Å²) >= 11 is 0. The predicted octanol–water partition coefficient (Wildman–Crippen LogP) is -0.125. The highest BCUT2D eigenvalue weighted by Crippen LogP contribution is 1.93. The minimum absolute atomic E-state index is 1.07. The van der Waals surface area contributed by atoms with Crippen molar-refractivity contribution in [3.8, 4) is 0 Å². The largest absolute Gasteiger partial charge is 0.362 e. The molecule has 2 N–H and O–H groups in total. The maximum Gasteiger partial charge on any atom is 0.210 e. The maximum absolute atomic E-state index is 8.59. The number of hydrogen-bond acceptors (Lipinski definition) is 5. The van der Waals surface area contributed by atoms with Crippen molar-refractivity contribution in [2.45, 2.75) is 12.6 Å². The Balaban J connectivity index is 3.26. The topological polar surface area (TPSA) is 68.2 Å². The molecule has 0 saturated heterocycles. The summed E-state index contributed by atoms with van der Waals surface area (Å²) < 4.78 is 0. The summed E-state index contributed by atoms with van der Waals surface area (Å²) in [5.41, 5.74) is 0. The Hall–Kier alpha value is -0.720. The minimum atomic E-state index is -1.29. The van der Waals surface area contributed by atoms with Gasteiger partial charge in [-0.2, -0.15) is 9.78 Å². The molecule has 5 heteroatoms. The molecule has 0 amide bonds. The van der Waals surface area contributed by atoms with Crippen molar-refractivity contribution in [2.75, 3.05) is 0 Å². The van der Waals surface area contributed by atoms with Crippen LogP contribution in [0.15, 0.2) is 25.3 Å². The van der Waals surface area contributed by atoms with Crippen LogP contribution in [0.1, 0.15) is 0 Å². The van der Waals surface area contributed by atoms with E-state index in [0.29, 0.717) is 0 Å². The SMILES string of the molecule is C=CC(O)OOOC(O)C=C. The zero-order valence-corrected chi connectivity index (χ0v) is 5.84. The van der Waals surface area contributed by atoms with E-state index in [4.69, 9.17) is 10.2 Å². The minimum Gasteiger partial charge on any atom is -0.362 e. The molecule has 0 aromatic carbocycles. The molecule has 0 aliphatic rings. The van der Waals surface area contributed by atoms with Gasteiger partial charge in [-0.1, -0.05) is 18.2 Å². The van der Waals surface area contributed by atoms with E-state index >= 15 is 0 Å². The van der Waals surface area contributed by atoms with Gasteiger partial charge in [0.15, 0.2) is 0 Å². The molecule has 5 nitrogen and oxygen atoms in total. The molecule has 64 valence electrons. The van der Waals surface area contributed by atoms with Crippen LogP contribution < -0.4 is 0 Å². The molecule has 0 aliphatic carbocycles. The van der Waals surface area contributed by atoms with E-state index in [1.807, 2.05) is 0 Å². The first-order valence-corrected chi connectivity index (χ1v) is 2.80. The molecule has 0 spiro atoms. The van der Waals surface area contributed by atoms with Crippen molar-refractivity contribution in [1.82, 2.24) is 0 Å². The fraction of sp³-hybridized carbons (Fsp3) is 0.333. The van der Waals surface area contributed by atoms with Crippen molar-refractivity contribution >= 4 is 0 Å². The first kappa shape index (κ1) is 10.3. The summed E-state index contributed by atoms with van der Waals surface area (Å²) in [6.45, 7) is 6.37. The molecule has 0 bridgehead atoms. The Kier molecular flexibility index (Phi) is 5.63. The van der Waals surface area contributed by atoms with E-state index in [1.165, 1.54) is 0 Å². The van der Waals surface area contributed by atoms with Crippen LogP contribution in [0.2, 0.25) is 0 Å². The number of aliphatic hydroxyl groups is 2. The van der Waals surface area contributed by atoms with Crippen molar-refractivity contribution in [1.29, 1.82) is 0 Å². The molecule has 2 unspecified atom stereocenters. The molecule has 0 aromatic heterocycles. The normalized spacial score (nSPS) is 15.5. The highest BCUT2D eigenvalue weighted by molar-refractivity contribution is 4.68. The van der Waals surface area contributed by atoms with Crippen LogP contribution in [0.5, 0.6) is 0 Å². The zero-order chi connectivity index (χ0) is 8.69. The molecule has 0 saturated carbocycles. The van der Waals surface area contributed by atoms with Crippen LogP contribution in [0.3, 0.4) is 0 Å². The molecule has 0 aromatic rings. The fourth-order valence-electron chi connectivity index (χ4n) is 0.182. The molecule has 0 rings (SSSR count). The van der Waals surface area contributed by atoms with Crippen LogP contribution in [-0.2, 0) is 14.8 Å². The van der Waals surface area contributed by atoms with Gasteiger partial charge < -0.3 is 10.2 Å². The Morgan fingerprint density at radius 3 is 1.64 bits per heavy atom. The Labute approximate surface area is 64.0 Å². The number of aliphatic hydroxyl groups excluding tert-OH is 2. The quantitative estimate of drug-likeness (QED) is 0.246. The molecule has 0 radical (unpaired) electrons. The fourth-order valence-corrected chi connectivity index (χ4v) is 0.182. The van der Waals surface area contributed by atoms with Crippen molar-refractivity contribution in [3.63, 3.8) is 0 Å². The van der Waals surface area contributed by atoms with Crippen LogP contribution in [0.25, 0.3) is 0 Å². The standard InChI is InChI=1S/C6H10O5/c1-3-5(7)9-11-10-6(8)4-2/h3-8H,1-2H2. The molecule has 0 heterocycles. The van der Waals surface area contributed by atoms with Crippen LogP contribution in [0.4, 0.5) is 0 Å². The first-order chi connectivity index (χ1) is 5.20. The van der Waals surface area contributed by atoms with Gasteiger partial charge in [-0.3, -0.25) is 0 Å². The monoisotopic (exact) mass is 162 g/mol. The number of hydrogen-bond donors (Lipinski definition) is 2. The molecular formula is C6H10O5. The lowest BCUT2D eigenvalue weighted by Crippen LogP contribution is -2.14. The third kappa shape index (κ3) is 5.71. The molecule has 0 fully saturated rings.